The number of amides is 5. The molecule has 0 saturated carbocycles. The van der Waals surface area contributed by atoms with Gasteiger partial charge in [0.25, 0.3) is 0 Å². The van der Waals surface area contributed by atoms with Gasteiger partial charge in [-0.3, -0.25) is 24.0 Å². The molecule has 75 heavy (non-hydrogen) atoms. The molecule has 3 unspecified atom stereocenters. The average Bonchev–Trinajstić information content (AvgIpc) is 4.12. The second-order valence-electron chi connectivity index (χ2n) is 20.8. The summed E-state index contributed by atoms with van der Waals surface area (Å²) in [6.07, 6.45) is 18.5. The second-order valence-corrected chi connectivity index (χ2v) is 20.8. The highest BCUT2D eigenvalue weighted by Gasteiger charge is 2.40. The van der Waals surface area contributed by atoms with Crippen molar-refractivity contribution in [1.82, 2.24) is 41.7 Å². The van der Waals surface area contributed by atoms with Crippen LogP contribution in [0.4, 0.5) is 0 Å². The van der Waals surface area contributed by atoms with E-state index in [9.17, 15) is 29.1 Å². The Labute approximate surface area is 452 Å². The van der Waals surface area contributed by atoms with E-state index in [2.05, 4.69) is 52.3 Å². The second kappa shape index (κ2) is 38.8. The number of nitrogens with one attached hydrogen (secondary N) is 6. The summed E-state index contributed by atoms with van der Waals surface area (Å²) in [4.78, 5) is 75.3. The number of aromatic hydroxyl groups is 1. The highest BCUT2D eigenvalue weighted by atomic mass is 16.3. The summed E-state index contributed by atoms with van der Waals surface area (Å²) in [5, 5.41) is 29.4. The highest BCUT2D eigenvalue weighted by molar-refractivity contribution is 5.94. The van der Waals surface area contributed by atoms with Crippen molar-refractivity contribution in [3.05, 3.63) is 53.9 Å². The van der Waals surface area contributed by atoms with Gasteiger partial charge in [-0.05, 0) is 146 Å². The molecule has 3 fully saturated rings. The van der Waals surface area contributed by atoms with E-state index in [1.54, 1.807) is 17.0 Å². The Balaban J connectivity index is 0.00000305. The SMILES string of the molecule is C=C(CCCCCCCCC(C)CC(C)CN)N[C@H]1CCCNC(=O)[C@@H]2CCCN2C(=O)[C@H](CCCNC)NC(=O)[C@H](CCc2ccc(O)cc2)N/C(=C\CC)[C@@H]2CCCN2C(=O)C(CC)NC1=O.CC.NCCN. The van der Waals surface area contributed by atoms with Gasteiger partial charge in [-0.25, -0.2) is 0 Å². The molecule has 4 rings (SSSR count). The number of unbranched alkanes of at least 4 members (excludes halogenated alkanes) is 5. The number of nitrogens with two attached hydrogens (primary N) is 3. The molecule has 13 N–H and O–H groups in total. The number of phenols is 1. The van der Waals surface area contributed by atoms with Crippen LogP contribution in [-0.4, -0.2) is 134 Å². The lowest BCUT2D eigenvalue weighted by molar-refractivity contribution is -0.141. The number of phenolic OH excluding ortho intramolecular Hbond substituents is 1. The van der Waals surface area contributed by atoms with Gasteiger partial charge in [-0.1, -0.05) is 105 Å². The molecule has 1 aromatic rings. The van der Waals surface area contributed by atoms with E-state index >= 15 is 0 Å². The molecule has 0 aliphatic carbocycles. The molecule has 0 aromatic heterocycles. The van der Waals surface area contributed by atoms with Gasteiger partial charge in [0.1, 0.15) is 36.0 Å². The van der Waals surface area contributed by atoms with Crippen LogP contribution in [0.5, 0.6) is 5.75 Å². The summed E-state index contributed by atoms with van der Waals surface area (Å²) < 4.78 is 0. The molecule has 0 spiro atoms. The van der Waals surface area contributed by atoms with E-state index < -0.39 is 30.2 Å². The Morgan fingerprint density at radius 1 is 0.747 bits per heavy atom. The molecule has 8 atom stereocenters. The lowest BCUT2D eigenvalue weighted by Gasteiger charge is -2.34. The number of nitrogens with zero attached hydrogens (tertiary/aromatic N) is 2. The maximum Gasteiger partial charge on any atom is 0.245 e. The van der Waals surface area contributed by atoms with E-state index in [-0.39, 0.29) is 41.3 Å². The Bertz CT molecular complexity index is 1830. The predicted octanol–water partition coefficient (Wildman–Crippen LogP) is 5.99. The van der Waals surface area contributed by atoms with E-state index in [4.69, 9.17) is 17.2 Å². The van der Waals surface area contributed by atoms with Crippen molar-refractivity contribution in [1.29, 1.82) is 0 Å². The normalized spacial score (nSPS) is 23.4. The maximum atomic E-state index is 14.6. The van der Waals surface area contributed by atoms with Gasteiger partial charge in [-0.15, -0.1) is 0 Å². The number of allylic oxidation sites excluding steroid dienone is 2. The van der Waals surface area contributed by atoms with Crippen LogP contribution in [0.2, 0.25) is 0 Å². The molecule has 428 valence electrons. The summed E-state index contributed by atoms with van der Waals surface area (Å²) >= 11 is 0. The fourth-order valence-electron chi connectivity index (χ4n) is 10.3. The van der Waals surface area contributed by atoms with Crippen LogP contribution in [0, 0.1) is 11.8 Å². The van der Waals surface area contributed by atoms with Crippen molar-refractivity contribution in [2.45, 2.75) is 213 Å². The van der Waals surface area contributed by atoms with E-state index in [0.29, 0.717) is 122 Å². The molecule has 3 heterocycles. The van der Waals surface area contributed by atoms with Crippen molar-refractivity contribution in [3.8, 4) is 5.75 Å². The number of carbonyl (C=O) groups excluding carboxylic acids is 5. The number of benzene rings is 1. The quantitative estimate of drug-likeness (QED) is 0.0536. The Morgan fingerprint density at radius 3 is 1.99 bits per heavy atom. The first kappa shape index (κ1) is 66.4. The molecule has 3 saturated heterocycles. The zero-order chi connectivity index (χ0) is 55.5. The van der Waals surface area contributed by atoms with Crippen molar-refractivity contribution in [2.24, 2.45) is 29.0 Å². The first-order chi connectivity index (χ1) is 36.2. The third kappa shape index (κ3) is 24.4. The minimum atomic E-state index is -0.855. The minimum Gasteiger partial charge on any atom is -0.508 e. The number of hydrogen-bond acceptors (Lipinski definition) is 12. The summed E-state index contributed by atoms with van der Waals surface area (Å²) in [6, 6.07) is 2.81. The zero-order valence-corrected chi connectivity index (χ0v) is 47.6. The molecule has 0 radical (unpaired) electrons. The van der Waals surface area contributed by atoms with Crippen molar-refractivity contribution >= 4 is 29.5 Å². The van der Waals surface area contributed by atoms with Gasteiger partial charge in [0.15, 0.2) is 0 Å². The molecule has 17 nitrogen and oxygen atoms in total. The molecule has 5 amide bonds. The van der Waals surface area contributed by atoms with Crippen LogP contribution in [0.15, 0.2) is 48.3 Å². The van der Waals surface area contributed by atoms with Crippen molar-refractivity contribution < 1.29 is 29.1 Å². The Kier molecular flexibility index (Phi) is 34.3. The zero-order valence-electron chi connectivity index (χ0n) is 47.6. The number of aryl methyl sites for hydroxylation is 1. The monoisotopic (exact) mass is 1050 g/mol. The molecule has 1 aromatic carbocycles. The molecular formula is C58H105N11O6. The van der Waals surface area contributed by atoms with Gasteiger partial charge in [0.2, 0.25) is 29.5 Å². The van der Waals surface area contributed by atoms with Gasteiger partial charge in [0.05, 0.1) is 6.04 Å². The highest BCUT2D eigenvalue weighted by Crippen LogP contribution is 2.27. The van der Waals surface area contributed by atoms with Crippen LogP contribution in [-0.2, 0) is 30.4 Å². The average molecular weight is 1050 g/mol. The lowest BCUT2D eigenvalue weighted by atomic mass is 9.92. The number of rotatable bonds is 24. The smallest absolute Gasteiger partial charge is 0.245 e. The largest absolute Gasteiger partial charge is 0.508 e. The predicted molar refractivity (Wildman–Crippen MR) is 305 cm³/mol. The summed E-state index contributed by atoms with van der Waals surface area (Å²) in [6.45, 7) is 20.6. The molecule has 3 aliphatic rings. The fraction of sp³-hybridized carbons (Fsp3) is 0.741. The fourth-order valence-corrected chi connectivity index (χ4v) is 10.3. The van der Waals surface area contributed by atoms with E-state index in [0.717, 1.165) is 55.6 Å². The van der Waals surface area contributed by atoms with Crippen molar-refractivity contribution in [3.63, 3.8) is 0 Å². The molecule has 3 aliphatic heterocycles. The molecule has 17 heteroatoms. The number of fused-ring (bicyclic) bond motifs is 2. The van der Waals surface area contributed by atoms with Crippen LogP contribution < -0.4 is 49.1 Å². The standard InChI is InChI=1S/C54H91N9O6.C2H8N2.C2H6/c1-7-19-44-48-24-17-34-62(48)53(68)43(8-2)60-50(65)45(58-40(5)21-14-12-10-9-11-13-20-38(3)36-39(4)37-55)22-16-33-57-52(67)49-25-18-35-63(49)54(69)47(23-15-32-56-6)61-51(66)46(59-44)31-28-41-26-29-42(64)30-27-41;3-1-2-4;1-2/h19,26-27,29-30,38-39,43,45-49,56,58-59,64H,5,7-18,20-25,28,31-37,55H2,1-4,6H3,(H,57,67)(H,60,65)(H,61,66);1-4H2;1-2H3/b44-19-;;/t38?,39?,43?,45-,46-,47-,48-,49-;;/m0../s1. The van der Waals surface area contributed by atoms with E-state index in [1.165, 1.54) is 32.1 Å². The summed E-state index contributed by atoms with van der Waals surface area (Å²) in [5.74, 6) is 0.106. The third-order valence-corrected chi connectivity index (χ3v) is 14.5. The maximum absolute atomic E-state index is 14.6. The number of carbonyl (C=O) groups is 5. The van der Waals surface area contributed by atoms with Gasteiger partial charge < -0.3 is 64.0 Å². The van der Waals surface area contributed by atoms with Crippen molar-refractivity contribution in [2.75, 3.05) is 52.9 Å². The lowest BCUT2D eigenvalue weighted by Crippen LogP contribution is -2.57. The van der Waals surface area contributed by atoms with Crippen LogP contribution in [0.1, 0.15) is 176 Å². The number of hydrogen-bond donors (Lipinski definition) is 10. The summed E-state index contributed by atoms with van der Waals surface area (Å²) in [7, 11) is 1.85. The first-order valence-electron chi connectivity index (χ1n) is 29.1. The molecular weight excluding hydrogens is 947 g/mol. The van der Waals surface area contributed by atoms with Gasteiger partial charge in [0, 0.05) is 44.1 Å². The van der Waals surface area contributed by atoms with Crippen LogP contribution in [0.25, 0.3) is 0 Å². The van der Waals surface area contributed by atoms with Gasteiger partial charge >= 0.3 is 0 Å². The summed E-state index contributed by atoms with van der Waals surface area (Å²) in [5.41, 5.74) is 18.1. The molecule has 0 bridgehead atoms. The van der Waals surface area contributed by atoms with Crippen LogP contribution >= 0.6 is 0 Å². The Morgan fingerprint density at radius 2 is 1.36 bits per heavy atom. The minimum absolute atomic E-state index is 0.153. The Hall–Kier alpha value is -4.71. The van der Waals surface area contributed by atoms with E-state index in [1.807, 2.05) is 57.9 Å². The topological polar surface area (TPSA) is 262 Å². The third-order valence-electron chi connectivity index (χ3n) is 14.5. The van der Waals surface area contributed by atoms with Gasteiger partial charge in [-0.2, -0.15) is 0 Å². The first-order valence-corrected chi connectivity index (χ1v) is 29.1. The van der Waals surface area contributed by atoms with Crippen LogP contribution in [0.3, 0.4) is 0 Å².